The number of H-pyrrole nitrogens is 1. The van der Waals surface area contributed by atoms with E-state index in [0.29, 0.717) is 10.3 Å². The molecule has 2 heterocycles. The van der Waals surface area contributed by atoms with E-state index in [2.05, 4.69) is 25.5 Å². The highest BCUT2D eigenvalue weighted by Crippen LogP contribution is 2.23. The third kappa shape index (κ3) is 5.04. The maximum atomic E-state index is 12.0. The molecule has 1 amide bonds. The summed E-state index contributed by atoms with van der Waals surface area (Å²) in [7, 11) is 1.65. The molecule has 0 saturated carbocycles. The molecule has 0 bridgehead atoms. The van der Waals surface area contributed by atoms with Crippen molar-refractivity contribution in [2.75, 3.05) is 18.2 Å². The van der Waals surface area contributed by atoms with Crippen LogP contribution >= 0.6 is 23.1 Å². The van der Waals surface area contributed by atoms with Crippen LogP contribution in [0.5, 0.6) is 5.75 Å². The minimum atomic E-state index is -0.127. The van der Waals surface area contributed by atoms with Crippen LogP contribution in [0.3, 0.4) is 0 Å². The van der Waals surface area contributed by atoms with Crippen molar-refractivity contribution in [2.45, 2.75) is 18.5 Å². The largest absolute Gasteiger partial charge is 0.497 e. The van der Waals surface area contributed by atoms with Crippen LogP contribution in [0.1, 0.15) is 16.3 Å². The highest BCUT2D eigenvalue weighted by Gasteiger charge is 2.10. The molecule has 9 heteroatoms. The molecule has 3 aromatic rings. The molecule has 0 saturated heterocycles. The van der Waals surface area contributed by atoms with Gasteiger partial charge in [0.25, 0.3) is 0 Å². The second-order valence-corrected chi connectivity index (χ2v) is 7.25. The Hall–Kier alpha value is -2.39. The monoisotopic (exact) mass is 375 g/mol. The van der Waals surface area contributed by atoms with Crippen molar-refractivity contribution in [2.24, 2.45) is 0 Å². The number of nitrogens with zero attached hydrogens (tertiary/aromatic N) is 3. The second kappa shape index (κ2) is 8.13. The van der Waals surface area contributed by atoms with Crippen LogP contribution in [-0.4, -0.2) is 38.9 Å². The van der Waals surface area contributed by atoms with Gasteiger partial charge in [-0.2, -0.15) is 0 Å². The van der Waals surface area contributed by atoms with E-state index >= 15 is 0 Å². The second-order valence-electron chi connectivity index (χ2n) is 5.20. The van der Waals surface area contributed by atoms with Crippen LogP contribution in [0.4, 0.5) is 5.13 Å². The van der Waals surface area contributed by atoms with Gasteiger partial charge in [-0.15, -0.1) is 16.4 Å². The topological polar surface area (TPSA) is 92.8 Å². The van der Waals surface area contributed by atoms with Gasteiger partial charge in [0.2, 0.25) is 11.1 Å². The number of thiazole rings is 1. The fourth-order valence-electron chi connectivity index (χ4n) is 2.06. The summed E-state index contributed by atoms with van der Waals surface area (Å²) >= 11 is 2.75. The molecule has 1 aromatic carbocycles. The van der Waals surface area contributed by atoms with Gasteiger partial charge in [-0.1, -0.05) is 23.9 Å². The first-order valence-corrected chi connectivity index (χ1v) is 9.32. The maximum Gasteiger partial charge on any atom is 0.236 e. The predicted octanol–water partition coefficient (Wildman–Crippen LogP) is 2.90. The summed E-state index contributed by atoms with van der Waals surface area (Å²) in [5.41, 5.74) is 1.16. The third-order valence-corrected chi connectivity index (χ3v) is 5.01. The number of aryl methyl sites for hydroxylation is 1. The molecule has 0 fully saturated rings. The lowest BCUT2D eigenvalue weighted by atomic mass is 10.1. The van der Waals surface area contributed by atoms with Gasteiger partial charge in [-0.25, -0.2) is 9.97 Å². The van der Waals surface area contributed by atoms with Gasteiger partial charge < -0.3 is 10.1 Å². The lowest BCUT2D eigenvalue weighted by molar-refractivity contribution is -0.113. The minimum absolute atomic E-state index is 0.127. The van der Waals surface area contributed by atoms with Gasteiger partial charge in [-0.05, 0) is 24.6 Å². The maximum absolute atomic E-state index is 12.0. The van der Waals surface area contributed by atoms with E-state index in [1.54, 1.807) is 13.3 Å². The predicted molar refractivity (Wildman–Crippen MR) is 98.4 cm³/mol. The molecule has 130 valence electrons. The molecular formula is C16H17N5O2S2. The number of hydrogen-bond acceptors (Lipinski definition) is 7. The summed E-state index contributed by atoms with van der Waals surface area (Å²) in [6.07, 6.45) is 2.55. The van der Waals surface area contributed by atoms with E-state index in [4.69, 9.17) is 4.74 Å². The molecule has 0 aliphatic carbocycles. The molecule has 0 unspecified atom stereocenters. The molecule has 0 atom stereocenters. The number of benzene rings is 1. The van der Waals surface area contributed by atoms with Gasteiger partial charge in [0, 0.05) is 17.5 Å². The Balaban J connectivity index is 1.51. The van der Waals surface area contributed by atoms with Crippen molar-refractivity contribution in [1.82, 2.24) is 20.2 Å². The zero-order valence-electron chi connectivity index (χ0n) is 13.8. The quantitative estimate of drug-likeness (QED) is 0.617. The molecule has 3 rings (SSSR count). The van der Waals surface area contributed by atoms with E-state index in [9.17, 15) is 4.79 Å². The van der Waals surface area contributed by atoms with Crippen LogP contribution in [0, 0.1) is 6.92 Å². The summed E-state index contributed by atoms with van der Waals surface area (Å²) in [6, 6.07) is 7.90. The molecule has 0 aliphatic rings. The number of amides is 1. The van der Waals surface area contributed by atoms with Crippen molar-refractivity contribution in [3.63, 3.8) is 0 Å². The Morgan fingerprint density at radius 2 is 2.16 bits per heavy atom. The fourth-order valence-corrected chi connectivity index (χ4v) is 3.57. The average molecular weight is 375 g/mol. The van der Waals surface area contributed by atoms with E-state index in [-0.39, 0.29) is 11.7 Å². The van der Waals surface area contributed by atoms with E-state index in [0.717, 1.165) is 28.4 Å². The van der Waals surface area contributed by atoms with Crippen molar-refractivity contribution in [3.05, 3.63) is 46.7 Å². The van der Waals surface area contributed by atoms with E-state index in [1.807, 2.05) is 31.2 Å². The lowest BCUT2D eigenvalue weighted by Crippen LogP contribution is -2.13. The number of methoxy groups -OCH3 is 1. The summed E-state index contributed by atoms with van der Waals surface area (Å²) in [5.74, 6) is 1.67. The summed E-state index contributed by atoms with van der Waals surface area (Å²) in [6.45, 7) is 1.82. The highest BCUT2D eigenvalue weighted by molar-refractivity contribution is 7.99. The first-order valence-electron chi connectivity index (χ1n) is 7.51. The summed E-state index contributed by atoms with van der Waals surface area (Å²) < 4.78 is 5.15. The first-order chi connectivity index (χ1) is 12.1. The van der Waals surface area contributed by atoms with Gasteiger partial charge in [0.1, 0.15) is 11.6 Å². The van der Waals surface area contributed by atoms with Gasteiger partial charge in [0.05, 0.1) is 12.9 Å². The number of rotatable bonds is 7. The number of nitrogens with one attached hydrogen (secondary N) is 2. The molecular weight excluding hydrogens is 358 g/mol. The van der Waals surface area contributed by atoms with Crippen LogP contribution in [0.25, 0.3) is 0 Å². The van der Waals surface area contributed by atoms with Crippen molar-refractivity contribution in [3.8, 4) is 5.75 Å². The number of ether oxygens (including phenoxy) is 1. The molecule has 0 spiro atoms. The minimum Gasteiger partial charge on any atom is -0.497 e. The van der Waals surface area contributed by atoms with Crippen LogP contribution in [0.2, 0.25) is 0 Å². The Morgan fingerprint density at radius 1 is 1.36 bits per heavy atom. The SMILES string of the molecule is COc1ccc(Cc2cnc(NC(=O)CSc3n[nH]c(C)n3)s2)cc1. The molecule has 0 aliphatic heterocycles. The number of carbonyl (C=O) groups is 1. The summed E-state index contributed by atoms with van der Waals surface area (Å²) in [5, 5.41) is 10.7. The molecule has 2 aromatic heterocycles. The standard InChI is InChI=1S/C16H17N5O2S2/c1-10-18-16(21-20-10)24-9-14(22)19-15-17-8-13(25-15)7-11-3-5-12(23-2)6-4-11/h3-6,8H,7,9H2,1-2H3,(H,17,19,22)(H,18,20,21). The zero-order valence-corrected chi connectivity index (χ0v) is 15.4. The van der Waals surface area contributed by atoms with E-state index in [1.165, 1.54) is 23.1 Å². The molecule has 0 radical (unpaired) electrons. The lowest BCUT2D eigenvalue weighted by Gasteiger charge is -2.01. The van der Waals surface area contributed by atoms with Crippen molar-refractivity contribution < 1.29 is 9.53 Å². The molecule has 25 heavy (non-hydrogen) atoms. The third-order valence-electron chi connectivity index (χ3n) is 3.25. The van der Waals surface area contributed by atoms with Crippen molar-refractivity contribution in [1.29, 1.82) is 0 Å². The molecule has 7 nitrogen and oxygen atoms in total. The van der Waals surface area contributed by atoms with E-state index < -0.39 is 0 Å². The Morgan fingerprint density at radius 3 is 2.84 bits per heavy atom. The van der Waals surface area contributed by atoms with Gasteiger partial charge in [0.15, 0.2) is 5.13 Å². The number of hydrogen-bond donors (Lipinski definition) is 2. The van der Waals surface area contributed by atoms with Crippen LogP contribution in [-0.2, 0) is 11.2 Å². The number of thioether (sulfide) groups is 1. The van der Waals surface area contributed by atoms with Gasteiger partial charge in [-0.3, -0.25) is 9.89 Å². The summed E-state index contributed by atoms with van der Waals surface area (Å²) in [4.78, 5) is 21.5. The Bertz CT molecular complexity index is 844. The number of aromatic amines is 1. The highest BCUT2D eigenvalue weighted by atomic mass is 32.2. The van der Waals surface area contributed by atoms with Gasteiger partial charge >= 0.3 is 0 Å². The Labute approximate surface area is 153 Å². The van der Waals surface area contributed by atoms with Crippen LogP contribution < -0.4 is 10.1 Å². The number of aromatic nitrogens is 4. The molecule has 2 N–H and O–H groups in total. The Kier molecular flexibility index (Phi) is 5.67. The average Bonchev–Trinajstić information content (AvgIpc) is 3.22. The van der Waals surface area contributed by atoms with Crippen LogP contribution in [0.15, 0.2) is 35.6 Å². The number of anilines is 1. The number of carbonyl (C=O) groups excluding carboxylic acids is 1. The normalized spacial score (nSPS) is 10.6. The fraction of sp³-hybridized carbons (Fsp3) is 0.250. The smallest absolute Gasteiger partial charge is 0.236 e. The zero-order chi connectivity index (χ0) is 17.6. The first kappa shape index (κ1) is 17.4. The van der Waals surface area contributed by atoms with Crippen molar-refractivity contribution >= 4 is 34.1 Å².